The Balaban J connectivity index is 1.49. The molecule has 1 saturated heterocycles. The van der Waals surface area contributed by atoms with E-state index in [4.69, 9.17) is 20.2 Å². The van der Waals surface area contributed by atoms with Crippen LogP contribution < -0.4 is 25.8 Å². The third-order valence-corrected chi connectivity index (χ3v) is 7.84. The van der Waals surface area contributed by atoms with Gasteiger partial charge in [0.1, 0.15) is 16.4 Å². The lowest BCUT2D eigenvalue weighted by molar-refractivity contribution is 0.100. The number of ether oxygens (including phenoxy) is 2. The molecule has 4 aromatic rings. The number of aromatic nitrogens is 2. The molecule has 1 amide bonds. The standard InChI is InChI=1S/C29H34N6O3S/c1-17(2)38-23-15-19(32-18-11-13-35(3)14-12-18)9-10-21(23)33-29-31-16-24-26(34-29)25(27(39-24)28(30)36)20-7-5-6-8-22(20)37-4/h5-10,15-18,32H,11-14H2,1-4H3,(H2,30,36)(H,31,33,34). The summed E-state index contributed by atoms with van der Waals surface area (Å²) in [4.78, 5) is 24.5. The Kier molecular flexibility index (Phi) is 7.85. The molecule has 1 aliphatic heterocycles. The number of nitrogens with one attached hydrogen (secondary N) is 2. The second kappa shape index (κ2) is 11.5. The molecular weight excluding hydrogens is 512 g/mol. The molecule has 4 N–H and O–H groups in total. The van der Waals surface area contributed by atoms with Gasteiger partial charge < -0.3 is 30.7 Å². The van der Waals surface area contributed by atoms with Gasteiger partial charge in [-0.15, -0.1) is 11.3 Å². The van der Waals surface area contributed by atoms with Crippen molar-refractivity contribution in [3.05, 3.63) is 53.5 Å². The number of primary amides is 1. The van der Waals surface area contributed by atoms with Crippen LogP contribution in [-0.2, 0) is 0 Å². The number of anilines is 3. The number of fused-ring (bicyclic) bond motifs is 1. The first kappa shape index (κ1) is 26.7. The van der Waals surface area contributed by atoms with Gasteiger partial charge in [-0.3, -0.25) is 4.79 Å². The summed E-state index contributed by atoms with van der Waals surface area (Å²) >= 11 is 1.27. The average molecular weight is 547 g/mol. The molecular formula is C29H34N6O3S. The summed E-state index contributed by atoms with van der Waals surface area (Å²) in [7, 11) is 3.76. The highest BCUT2D eigenvalue weighted by atomic mass is 32.1. The molecule has 10 heteroatoms. The van der Waals surface area contributed by atoms with Crippen LogP contribution in [0.25, 0.3) is 21.3 Å². The Morgan fingerprint density at radius 1 is 1.15 bits per heavy atom. The Morgan fingerprint density at radius 3 is 2.64 bits per heavy atom. The summed E-state index contributed by atoms with van der Waals surface area (Å²) in [6, 6.07) is 14.0. The van der Waals surface area contributed by atoms with Crippen LogP contribution in [-0.4, -0.2) is 60.2 Å². The van der Waals surface area contributed by atoms with Crippen molar-refractivity contribution < 1.29 is 14.3 Å². The lowest BCUT2D eigenvalue weighted by atomic mass is 10.0. The SMILES string of the molecule is COc1ccccc1-c1c(C(N)=O)sc2cnc(Nc3ccc(NC4CCN(C)CC4)cc3OC(C)C)nc12. The Morgan fingerprint density at radius 2 is 1.92 bits per heavy atom. The summed E-state index contributed by atoms with van der Waals surface area (Å²) in [5, 5.41) is 6.99. The van der Waals surface area contributed by atoms with Gasteiger partial charge in [0.2, 0.25) is 5.95 Å². The van der Waals surface area contributed by atoms with Gasteiger partial charge in [0.25, 0.3) is 5.91 Å². The number of benzene rings is 2. The summed E-state index contributed by atoms with van der Waals surface area (Å²) in [6.07, 6.45) is 3.90. The van der Waals surface area contributed by atoms with Gasteiger partial charge in [0.15, 0.2) is 0 Å². The van der Waals surface area contributed by atoms with Gasteiger partial charge >= 0.3 is 0 Å². The van der Waals surface area contributed by atoms with E-state index in [1.807, 2.05) is 56.3 Å². The Labute approximate surface area is 232 Å². The maximum atomic E-state index is 12.4. The number of para-hydroxylation sites is 1. The molecule has 5 rings (SSSR count). The van der Waals surface area contributed by atoms with E-state index in [9.17, 15) is 4.79 Å². The van der Waals surface area contributed by atoms with E-state index in [1.54, 1.807) is 13.3 Å². The number of likely N-dealkylation sites (tertiary alicyclic amines) is 1. The predicted molar refractivity (Wildman–Crippen MR) is 158 cm³/mol. The fourth-order valence-electron chi connectivity index (χ4n) is 4.80. The van der Waals surface area contributed by atoms with Gasteiger partial charge in [-0.2, -0.15) is 0 Å². The van der Waals surface area contributed by atoms with E-state index < -0.39 is 5.91 Å². The number of methoxy groups -OCH3 is 1. The largest absolute Gasteiger partial charge is 0.496 e. The van der Waals surface area contributed by atoms with E-state index >= 15 is 0 Å². The maximum Gasteiger partial charge on any atom is 0.259 e. The molecule has 3 heterocycles. The molecule has 0 atom stereocenters. The van der Waals surface area contributed by atoms with E-state index in [2.05, 4.69) is 27.6 Å². The molecule has 39 heavy (non-hydrogen) atoms. The van der Waals surface area contributed by atoms with Crippen molar-refractivity contribution in [2.75, 3.05) is 37.9 Å². The van der Waals surface area contributed by atoms with Crippen LogP contribution in [0.5, 0.6) is 11.5 Å². The Bertz CT molecular complexity index is 1480. The monoisotopic (exact) mass is 546 g/mol. The molecule has 1 fully saturated rings. The first-order valence-electron chi connectivity index (χ1n) is 13.1. The van der Waals surface area contributed by atoms with Crippen LogP contribution in [0.15, 0.2) is 48.7 Å². The molecule has 0 spiro atoms. The zero-order chi connectivity index (χ0) is 27.5. The maximum absolute atomic E-state index is 12.4. The second-order valence-corrected chi connectivity index (χ2v) is 11.1. The van der Waals surface area contributed by atoms with Crippen LogP contribution in [0.3, 0.4) is 0 Å². The summed E-state index contributed by atoms with van der Waals surface area (Å²) in [5.41, 5.74) is 9.55. The fourth-order valence-corrected chi connectivity index (χ4v) is 5.78. The van der Waals surface area contributed by atoms with Crippen molar-refractivity contribution in [2.24, 2.45) is 5.73 Å². The molecule has 0 unspecified atom stereocenters. The average Bonchev–Trinajstić information content (AvgIpc) is 3.30. The third kappa shape index (κ3) is 5.91. The lowest BCUT2D eigenvalue weighted by Gasteiger charge is -2.30. The quantitative estimate of drug-likeness (QED) is 0.252. The number of thiophene rings is 1. The number of piperidine rings is 1. The van der Waals surface area contributed by atoms with Gasteiger partial charge in [-0.25, -0.2) is 9.97 Å². The summed E-state index contributed by atoms with van der Waals surface area (Å²) in [6.45, 7) is 6.17. The number of carbonyl (C=O) groups excluding carboxylic acids is 1. The van der Waals surface area contributed by atoms with E-state index in [0.717, 1.165) is 47.6 Å². The first-order valence-corrected chi connectivity index (χ1v) is 13.9. The molecule has 0 bridgehead atoms. The second-order valence-electron chi connectivity index (χ2n) is 10.0. The van der Waals surface area contributed by atoms with Crippen LogP contribution in [0.1, 0.15) is 36.4 Å². The molecule has 0 radical (unpaired) electrons. The number of nitrogens with zero attached hydrogens (tertiary/aromatic N) is 3. The molecule has 2 aromatic carbocycles. The minimum atomic E-state index is -0.520. The highest BCUT2D eigenvalue weighted by Crippen LogP contribution is 2.42. The van der Waals surface area contributed by atoms with E-state index in [1.165, 1.54) is 11.3 Å². The van der Waals surface area contributed by atoms with Gasteiger partial charge in [0, 0.05) is 28.9 Å². The van der Waals surface area contributed by atoms with Crippen molar-refractivity contribution in [1.82, 2.24) is 14.9 Å². The summed E-state index contributed by atoms with van der Waals surface area (Å²) < 4.78 is 12.5. The molecule has 0 saturated carbocycles. The fraction of sp³-hybridized carbons (Fsp3) is 0.345. The summed E-state index contributed by atoms with van der Waals surface area (Å²) in [5.74, 6) is 1.21. The third-order valence-electron chi connectivity index (χ3n) is 6.71. The lowest BCUT2D eigenvalue weighted by Crippen LogP contribution is -2.36. The van der Waals surface area contributed by atoms with Crippen LogP contribution in [0, 0.1) is 0 Å². The van der Waals surface area contributed by atoms with Crippen LogP contribution in [0.2, 0.25) is 0 Å². The molecule has 1 aliphatic rings. The van der Waals surface area contributed by atoms with Crippen LogP contribution in [0.4, 0.5) is 17.3 Å². The molecule has 0 aliphatic carbocycles. The first-order chi connectivity index (χ1) is 18.8. The normalized spacial score (nSPS) is 14.5. The van der Waals surface area contributed by atoms with Crippen molar-refractivity contribution in [1.29, 1.82) is 0 Å². The van der Waals surface area contributed by atoms with Crippen LogP contribution >= 0.6 is 11.3 Å². The topological polar surface area (TPSA) is 115 Å². The Hall–Kier alpha value is -3.89. The molecule has 204 valence electrons. The van der Waals surface area contributed by atoms with E-state index in [0.29, 0.717) is 39.4 Å². The number of amides is 1. The highest BCUT2D eigenvalue weighted by Gasteiger charge is 2.23. The van der Waals surface area contributed by atoms with Crippen molar-refractivity contribution in [3.63, 3.8) is 0 Å². The van der Waals surface area contributed by atoms with Crippen molar-refractivity contribution in [3.8, 4) is 22.6 Å². The predicted octanol–water partition coefficient (Wildman–Crippen LogP) is 5.50. The van der Waals surface area contributed by atoms with Crippen molar-refractivity contribution >= 4 is 44.8 Å². The molecule has 9 nitrogen and oxygen atoms in total. The van der Waals surface area contributed by atoms with Gasteiger partial charge in [0.05, 0.1) is 35.3 Å². The number of hydrogen-bond donors (Lipinski definition) is 3. The zero-order valence-corrected chi connectivity index (χ0v) is 23.5. The van der Waals surface area contributed by atoms with E-state index in [-0.39, 0.29) is 6.10 Å². The minimum absolute atomic E-state index is 0.0142. The minimum Gasteiger partial charge on any atom is -0.496 e. The van der Waals surface area contributed by atoms with Crippen molar-refractivity contribution in [2.45, 2.75) is 38.8 Å². The zero-order valence-electron chi connectivity index (χ0n) is 22.7. The number of nitrogens with two attached hydrogens (primary N) is 1. The number of rotatable bonds is 9. The van der Waals surface area contributed by atoms with Gasteiger partial charge in [-0.05, 0) is 65.0 Å². The number of hydrogen-bond acceptors (Lipinski definition) is 9. The number of carbonyl (C=O) groups is 1. The smallest absolute Gasteiger partial charge is 0.259 e. The highest BCUT2D eigenvalue weighted by molar-refractivity contribution is 7.21. The van der Waals surface area contributed by atoms with Gasteiger partial charge in [-0.1, -0.05) is 18.2 Å². The molecule has 2 aromatic heterocycles.